The van der Waals surface area contributed by atoms with Crippen LogP contribution in [0.2, 0.25) is 0 Å². The van der Waals surface area contributed by atoms with E-state index < -0.39 is 0 Å². The van der Waals surface area contributed by atoms with Crippen LogP contribution in [0.1, 0.15) is 49.4 Å². The molecule has 1 atom stereocenters. The summed E-state index contributed by atoms with van der Waals surface area (Å²) in [6.07, 6.45) is 9.99. The summed E-state index contributed by atoms with van der Waals surface area (Å²) in [6, 6.07) is 0.161. The second kappa shape index (κ2) is 8.38. The first kappa shape index (κ1) is 18.5. The highest BCUT2D eigenvalue weighted by Gasteiger charge is 2.28. The number of nitrogens with one attached hydrogen (secondary N) is 1. The quantitative estimate of drug-likeness (QED) is 0.818. The topological polar surface area (TPSA) is 70.5 Å². The van der Waals surface area contributed by atoms with Gasteiger partial charge in [0.1, 0.15) is 11.5 Å². The van der Waals surface area contributed by atoms with Crippen molar-refractivity contribution >= 4 is 11.9 Å². The van der Waals surface area contributed by atoms with Gasteiger partial charge in [0.2, 0.25) is 0 Å². The summed E-state index contributed by atoms with van der Waals surface area (Å²) in [7, 11) is 0. The van der Waals surface area contributed by atoms with Crippen molar-refractivity contribution in [3.8, 4) is 0 Å². The Kier molecular flexibility index (Phi) is 5.96. The number of hydrogen-bond donors (Lipinski definition) is 1. The first-order valence-corrected chi connectivity index (χ1v) is 9.70. The molecule has 0 radical (unpaired) electrons. The van der Waals surface area contributed by atoms with Crippen LogP contribution in [-0.4, -0.2) is 63.5 Å². The van der Waals surface area contributed by atoms with E-state index in [9.17, 15) is 9.59 Å². The van der Waals surface area contributed by atoms with Crippen LogP contribution in [0.3, 0.4) is 0 Å². The molecule has 0 fully saturated rings. The first-order valence-electron chi connectivity index (χ1n) is 9.70. The van der Waals surface area contributed by atoms with E-state index in [1.807, 2.05) is 27.5 Å². The maximum Gasteiger partial charge on any atom is 0.317 e. The molecule has 1 aromatic rings. The summed E-state index contributed by atoms with van der Waals surface area (Å²) in [5.41, 5.74) is 0.525. The van der Waals surface area contributed by atoms with E-state index in [1.165, 1.54) is 0 Å². The number of aromatic nitrogens is 2. The van der Waals surface area contributed by atoms with Crippen molar-refractivity contribution < 1.29 is 9.59 Å². The Bertz CT molecular complexity index is 656. The molecule has 3 rings (SSSR count). The maximum absolute atomic E-state index is 12.9. The lowest BCUT2D eigenvalue weighted by Crippen LogP contribution is -2.41. The van der Waals surface area contributed by atoms with Gasteiger partial charge in [-0.05, 0) is 13.3 Å². The second-order valence-corrected chi connectivity index (χ2v) is 6.90. The van der Waals surface area contributed by atoms with E-state index >= 15 is 0 Å². The normalized spacial score (nSPS) is 19.4. The van der Waals surface area contributed by atoms with E-state index in [-0.39, 0.29) is 18.0 Å². The van der Waals surface area contributed by atoms with Gasteiger partial charge in [-0.25, -0.2) is 9.78 Å². The minimum absolute atomic E-state index is 0.0114. The Morgan fingerprint density at radius 3 is 2.88 bits per heavy atom. The molecule has 0 spiro atoms. The van der Waals surface area contributed by atoms with Crippen molar-refractivity contribution in [1.82, 2.24) is 24.7 Å². The van der Waals surface area contributed by atoms with Crippen molar-refractivity contribution in [1.29, 1.82) is 0 Å². The minimum Gasteiger partial charge on any atom is -0.338 e. The molecule has 26 heavy (non-hydrogen) atoms. The lowest BCUT2D eigenvalue weighted by Gasteiger charge is -2.23. The molecule has 1 aromatic heterocycles. The number of amides is 3. The molecule has 0 bridgehead atoms. The number of urea groups is 1. The van der Waals surface area contributed by atoms with Crippen LogP contribution in [0.15, 0.2) is 18.3 Å². The van der Waals surface area contributed by atoms with Gasteiger partial charge in [-0.1, -0.05) is 31.9 Å². The fourth-order valence-electron chi connectivity index (χ4n) is 3.61. The summed E-state index contributed by atoms with van der Waals surface area (Å²) in [4.78, 5) is 33.3. The number of unbranched alkanes of at least 4 members (excludes halogenated alkanes) is 1. The maximum atomic E-state index is 12.9. The molecule has 0 aromatic carbocycles. The molecule has 2 aliphatic heterocycles. The number of rotatable bonds is 5. The zero-order valence-corrected chi connectivity index (χ0v) is 15.8. The number of fused-ring (bicyclic) bond motifs is 1. The highest BCUT2D eigenvalue weighted by molar-refractivity contribution is 5.93. The zero-order chi connectivity index (χ0) is 18.5. The van der Waals surface area contributed by atoms with Crippen LogP contribution < -0.4 is 5.32 Å². The third kappa shape index (κ3) is 3.92. The van der Waals surface area contributed by atoms with E-state index in [1.54, 1.807) is 0 Å². The lowest BCUT2D eigenvalue weighted by atomic mass is 10.1. The number of imidazole rings is 1. The zero-order valence-electron chi connectivity index (χ0n) is 15.8. The van der Waals surface area contributed by atoms with E-state index in [0.717, 1.165) is 25.1 Å². The molecule has 0 aliphatic carbocycles. The molecule has 0 saturated carbocycles. The Hall–Kier alpha value is -2.31. The standard InChI is InChI=1S/C19H29N5O2/c1-3-5-7-15-8-6-10-24(15)18(25)16-14-23-13-12-22(19(26)20-4-2)11-9-17(23)21-16/h6,8,14-15H,3-5,7,9-13H2,1-2H3,(H,20,26). The summed E-state index contributed by atoms with van der Waals surface area (Å²) in [5.74, 6) is 0.898. The number of carbonyl (C=O) groups excluding carboxylic acids is 2. The van der Waals surface area contributed by atoms with Gasteiger partial charge >= 0.3 is 6.03 Å². The first-order chi connectivity index (χ1) is 12.6. The summed E-state index contributed by atoms with van der Waals surface area (Å²) < 4.78 is 2.02. The molecule has 0 saturated heterocycles. The Labute approximate surface area is 155 Å². The van der Waals surface area contributed by atoms with Crippen molar-refractivity contribution in [2.24, 2.45) is 0 Å². The van der Waals surface area contributed by atoms with Gasteiger partial charge < -0.3 is 19.7 Å². The monoisotopic (exact) mass is 359 g/mol. The summed E-state index contributed by atoms with van der Waals surface area (Å²) >= 11 is 0. The summed E-state index contributed by atoms with van der Waals surface area (Å²) in [5, 5.41) is 2.84. The fraction of sp³-hybridized carbons (Fsp3) is 0.632. The fourth-order valence-corrected chi connectivity index (χ4v) is 3.61. The van der Waals surface area contributed by atoms with Crippen LogP contribution in [0.5, 0.6) is 0 Å². The average Bonchev–Trinajstić information content (AvgIpc) is 3.22. The minimum atomic E-state index is -0.0311. The largest absolute Gasteiger partial charge is 0.338 e. The average molecular weight is 359 g/mol. The van der Waals surface area contributed by atoms with Crippen molar-refractivity contribution in [2.75, 3.05) is 26.2 Å². The highest BCUT2D eigenvalue weighted by atomic mass is 16.2. The molecule has 3 heterocycles. The molecule has 7 nitrogen and oxygen atoms in total. The van der Waals surface area contributed by atoms with Gasteiger partial charge in [0.25, 0.3) is 5.91 Å². The van der Waals surface area contributed by atoms with E-state index in [0.29, 0.717) is 44.8 Å². The molecule has 7 heteroatoms. The predicted molar refractivity (Wildman–Crippen MR) is 100 cm³/mol. The van der Waals surface area contributed by atoms with Crippen LogP contribution in [-0.2, 0) is 13.0 Å². The van der Waals surface area contributed by atoms with Crippen molar-refractivity contribution in [3.63, 3.8) is 0 Å². The molecular formula is C19H29N5O2. The smallest absolute Gasteiger partial charge is 0.317 e. The number of nitrogens with zero attached hydrogens (tertiary/aromatic N) is 4. The van der Waals surface area contributed by atoms with Gasteiger partial charge in [0, 0.05) is 45.3 Å². The van der Waals surface area contributed by atoms with Crippen LogP contribution >= 0.6 is 0 Å². The highest BCUT2D eigenvalue weighted by Crippen LogP contribution is 2.20. The Balaban J connectivity index is 1.65. The number of hydrogen-bond acceptors (Lipinski definition) is 3. The van der Waals surface area contributed by atoms with E-state index in [4.69, 9.17) is 0 Å². The van der Waals surface area contributed by atoms with E-state index in [2.05, 4.69) is 29.4 Å². The third-order valence-electron chi connectivity index (χ3n) is 5.08. The van der Waals surface area contributed by atoms with Gasteiger partial charge in [0.05, 0.1) is 6.04 Å². The molecule has 142 valence electrons. The molecule has 2 aliphatic rings. The van der Waals surface area contributed by atoms with Crippen LogP contribution in [0.4, 0.5) is 4.79 Å². The van der Waals surface area contributed by atoms with Gasteiger partial charge in [-0.2, -0.15) is 0 Å². The molecule has 1 N–H and O–H groups in total. The second-order valence-electron chi connectivity index (χ2n) is 6.90. The lowest BCUT2D eigenvalue weighted by molar-refractivity contribution is 0.0737. The van der Waals surface area contributed by atoms with Gasteiger partial charge in [-0.3, -0.25) is 4.79 Å². The Morgan fingerprint density at radius 1 is 1.27 bits per heavy atom. The van der Waals surface area contributed by atoms with Gasteiger partial charge in [-0.15, -0.1) is 0 Å². The molecule has 3 amide bonds. The predicted octanol–water partition coefficient (Wildman–Crippen LogP) is 2.04. The SMILES string of the molecule is CCCCC1C=CCN1C(=O)c1cn2c(n1)CCN(C(=O)NCC)CC2. The Morgan fingerprint density at radius 2 is 2.12 bits per heavy atom. The third-order valence-corrected chi connectivity index (χ3v) is 5.08. The van der Waals surface area contributed by atoms with Crippen LogP contribution in [0, 0.1) is 0 Å². The van der Waals surface area contributed by atoms with Crippen molar-refractivity contribution in [3.05, 3.63) is 29.9 Å². The van der Waals surface area contributed by atoms with Crippen LogP contribution in [0.25, 0.3) is 0 Å². The molecule has 1 unspecified atom stereocenters. The molecular weight excluding hydrogens is 330 g/mol. The summed E-state index contributed by atoms with van der Waals surface area (Å²) in [6.45, 7) is 7.31. The number of carbonyl (C=O) groups is 2. The van der Waals surface area contributed by atoms with Gasteiger partial charge in [0.15, 0.2) is 0 Å². The van der Waals surface area contributed by atoms with Crippen molar-refractivity contribution in [2.45, 2.75) is 52.1 Å².